The summed E-state index contributed by atoms with van der Waals surface area (Å²) in [5, 5.41) is 16.4. The molecule has 8 aromatic rings. The Kier molecular flexibility index (Phi) is 7.50. The topological polar surface area (TPSA) is 38.7 Å². The maximum atomic E-state index is 11.5. The minimum absolute atomic E-state index is 0.576. The second kappa shape index (κ2) is 12.3. The van der Waals surface area contributed by atoms with E-state index in [0.29, 0.717) is 5.75 Å². The highest BCUT2D eigenvalue weighted by Gasteiger charge is 2.48. The van der Waals surface area contributed by atoms with Gasteiger partial charge in [-0.25, -0.2) is 0 Å². The number of ether oxygens (including phenoxy) is 2. The van der Waals surface area contributed by atoms with Crippen molar-refractivity contribution < 1.29 is 14.6 Å². The summed E-state index contributed by atoms with van der Waals surface area (Å²) >= 11 is 0. The van der Waals surface area contributed by atoms with Crippen LogP contribution in [0.15, 0.2) is 170 Å². The van der Waals surface area contributed by atoms with Gasteiger partial charge in [-0.1, -0.05) is 139 Å². The summed E-state index contributed by atoms with van der Waals surface area (Å²) in [7, 11) is 1.64. The Morgan fingerprint density at radius 1 is 0.481 bits per heavy atom. The SMILES string of the molecule is COc1ccc(C(C)(O)c2ccc(Oc3ccc(C4(c5ccc(C)cc5)c5c(ccc6ccccc56)-c5ccc6ccccc6c54)cc3)cc2)cc1. The van der Waals surface area contributed by atoms with Crippen molar-refractivity contribution in [2.75, 3.05) is 7.11 Å². The normalized spacial score (nSPS) is 14.1. The largest absolute Gasteiger partial charge is 0.497 e. The lowest BCUT2D eigenvalue weighted by atomic mass is 9.65. The third-order valence-corrected chi connectivity index (χ3v) is 11.0. The Labute approximate surface area is 304 Å². The van der Waals surface area contributed by atoms with Crippen molar-refractivity contribution in [2.45, 2.75) is 24.9 Å². The maximum absolute atomic E-state index is 11.5. The summed E-state index contributed by atoms with van der Waals surface area (Å²) in [5.41, 5.74) is 8.63. The molecule has 0 fully saturated rings. The average molecular weight is 675 g/mol. The van der Waals surface area contributed by atoms with Gasteiger partial charge in [0, 0.05) is 0 Å². The molecule has 1 atom stereocenters. The number of aliphatic hydroxyl groups is 1. The van der Waals surface area contributed by atoms with Crippen LogP contribution in [-0.2, 0) is 11.0 Å². The highest BCUT2D eigenvalue weighted by Crippen LogP contribution is 2.60. The summed E-state index contributed by atoms with van der Waals surface area (Å²) in [6, 6.07) is 59.6. The number of aryl methyl sites for hydroxylation is 1. The molecule has 52 heavy (non-hydrogen) atoms. The van der Waals surface area contributed by atoms with Crippen LogP contribution in [0.2, 0.25) is 0 Å². The van der Waals surface area contributed by atoms with E-state index in [1.165, 1.54) is 60.5 Å². The molecule has 9 rings (SSSR count). The zero-order valence-corrected chi connectivity index (χ0v) is 29.4. The Morgan fingerprint density at radius 3 is 1.38 bits per heavy atom. The number of hydrogen-bond donors (Lipinski definition) is 1. The predicted octanol–water partition coefficient (Wildman–Crippen LogP) is 11.7. The number of hydrogen-bond acceptors (Lipinski definition) is 3. The van der Waals surface area contributed by atoms with E-state index in [-0.39, 0.29) is 0 Å². The van der Waals surface area contributed by atoms with E-state index in [4.69, 9.17) is 9.47 Å². The minimum atomic E-state index is -1.17. The molecule has 252 valence electrons. The summed E-state index contributed by atoms with van der Waals surface area (Å²) in [4.78, 5) is 0. The summed E-state index contributed by atoms with van der Waals surface area (Å²) in [6.45, 7) is 3.95. The molecule has 0 aromatic heterocycles. The molecule has 3 nitrogen and oxygen atoms in total. The van der Waals surface area contributed by atoms with Crippen molar-refractivity contribution in [3.8, 4) is 28.4 Å². The second-order valence-corrected chi connectivity index (χ2v) is 14.0. The monoisotopic (exact) mass is 674 g/mol. The third kappa shape index (κ3) is 4.92. The zero-order valence-electron chi connectivity index (χ0n) is 29.4. The Morgan fingerprint density at radius 2 is 0.904 bits per heavy atom. The molecule has 1 unspecified atom stereocenters. The fraction of sp³-hybridized carbons (Fsp3) is 0.102. The fourth-order valence-electron chi connectivity index (χ4n) is 8.31. The molecular weight excluding hydrogens is 637 g/mol. The molecule has 0 saturated carbocycles. The van der Waals surface area contributed by atoms with E-state index in [0.717, 1.165) is 22.6 Å². The minimum Gasteiger partial charge on any atom is -0.497 e. The smallest absolute Gasteiger partial charge is 0.127 e. The van der Waals surface area contributed by atoms with Gasteiger partial charge in [-0.15, -0.1) is 0 Å². The quantitative estimate of drug-likeness (QED) is 0.183. The maximum Gasteiger partial charge on any atom is 0.127 e. The van der Waals surface area contributed by atoms with Gasteiger partial charge >= 0.3 is 0 Å². The van der Waals surface area contributed by atoms with Crippen molar-refractivity contribution in [1.29, 1.82) is 0 Å². The molecule has 0 radical (unpaired) electrons. The van der Waals surface area contributed by atoms with Crippen LogP contribution in [0.1, 0.15) is 45.9 Å². The van der Waals surface area contributed by atoms with Gasteiger partial charge in [0.2, 0.25) is 0 Å². The van der Waals surface area contributed by atoms with Gasteiger partial charge < -0.3 is 14.6 Å². The van der Waals surface area contributed by atoms with Crippen molar-refractivity contribution in [2.24, 2.45) is 0 Å². The first-order valence-corrected chi connectivity index (χ1v) is 17.8. The number of benzene rings is 8. The van der Waals surface area contributed by atoms with Crippen molar-refractivity contribution >= 4 is 21.5 Å². The van der Waals surface area contributed by atoms with Crippen LogP contribution in [0.4, 0.5) is 0 Å². The molecule has 1 N–H and O–H groups in total. The summed E-state index contributed by atoms with van der Waals surface area (Å²) < 4.78 is 11.7. The molecule has 8 aromatic carbocycles. The molecule has 0 saturated heterocycles. The molecular formula is C49H38O3. The third-order valence-electron chi connectivity index (χ3n) is 11.0. The van der Waals surface area contributed by atoms with Gasteiger partial charge in [0.25, 0.3) is 0 Å². The van der Waals surface area contributed by atoms with Crippen molar-refractivity contribution in [3.63, 3.8) is 0 Å². The summed E-state index contributed by atoms with van der Waals surface area (Å²) in [5.74, 6) is 2.19. The molecule has 0 amide bonds. The van der Waals surface area contributed by atoms with Crippen LogP contribution in [-0.4, -0.2) is 12.2 Å². The van der Waals surface area contributed by atoms with E-state index >= 15 is 0 Å². The lowest BCUT2D eigenvalue weighted by Crippen LogP contribution is -2.29. The van der Waals surface area contributed by atoms with Crippen LogP contribution >= 0.6 is 0 Å². The molecule has 3 heteroatoms. The first-order chi connectivity index (χ1) is 25.4. The van der Waals surface area contributed by atoms with Crippen molar-refractivity contribution in [1.82, 2.24) is 0 Å². The van der Waals surface area contributed by atoms with Gasteiger partial charge in [0.05, 0.1) is 12.5 Å². The molecule has 0 aliphatic heterocycles. The molecule has 1 aliphatic rings. The fourth-order valence-corrected chi connectivity index (χ4v) is 8.31. The first-order valence-electron chi connectivity index (χ1n) is 17.8. The summed E-state index contributed by atoms with van der Waals surface area (Å²) in [6.07, 6.45) is 0. The molecule has 0 heterocycles. The average Bonchev–Trinajstić information content (AvgIpc) is 3.51. The van der Waals surface area contributed by atoms with Crippen LogP contribution in [0.25, 0.3) is 32.7 Å². The van der Waals surface area contributed by atoms with Gasteiger partial charge in [0.15, 0.2) is 0 Å². The van der Waals surface area contributed by atoms with E-state index in [1.54, 1.807) is 14.0 Å². The number of rotatable bonds is 7. The zero-order chi connectivity index (χ0) is 35.5. The molecule has 1 aliphatic carbocycles. The van der Waals surface area contributed by atoms with E-state index in [9.17, 15) is 5.11 Å². The van der Waals surface area contributed by atoms with E-state index in [1.807, 2.05) is 48.5 Å². The van der Waals surface area contributed by atoms with Gasteiger partial charge in [0.1, 0.15) is 22.8 Å². The van der Waals surface area contributed by atoms with Gasteiger partial charge in [-0.2, -0.15) is 0 Å². The number of methoxy groups -OCH3 is 1. The Hall–Kier alpha value is -6.16. The van der Waals surface area contributed by atoms with E-state index < -0.39 is 11.0 Å². The Bertz CT molecular complexity index is 2500. The number of fused-ring (bicyclic) bond motifs is 7. The van der Waals surface area contributed by atoms with Crippen LogP contribution in [0.5, 0.6) is 17.2 Å². The molecule has 0 spiro atoms. The van der Waals surface area contributed by atoms with Crippen LogP contribution in [0.3, 0.4) is 0 Å². The highest BCUT2D eigenvalue weighted by molar-refractivity contribution is 6.06. The lowest BCUT2D eigenvalue weighted by Gasteiger charge is -2.35. The van der Waals surface area contributed by atoms with E-state index in [2.05, 4.69) is 128 Å². The molecule has 0 bridgehead atoms. The van der Waals surface area contributed by atoms with Crippen molar-refractivity contribution in [3.05, 3.63) is 209 Å². The Balaban J connectivity index is 1.16. The second-order valence-electron chi connectivity index (χ2n) is 14.0. The van der Waals surface area contributed by atoms with Gasteiger partial charge in [-0.3, -0.25) is 0 Å². The lowest BCUT2D eigenvalue weighted by molar-refractivity contribution is 0.102. The first kappa shape index (κ1) is 31.8. The standard InChI is InChI=1S/C49H38O3/c1-32-12-16-37(17-13-32)49(46-42-10-6-4-8-33(42)14-30-44(46)45-31-15-34-9-5-7-11-43(34)47(45)49)38-22-28-41(29-23-38)52-40-26-20-36(21-27-40)48(2,50)35-18-24-39(51-3)25-19-35/h4-31,50H,1-3H3. The van der Waals surface area contributed by atoms with Crippen LogP contribution < -0.4 is 9.47 Å². The van der Waals surface area contributed by atoms with Gasteiger partial charge in [-0.05, 0) is 116 Å². The highest BCUT2D eigenvalue weighted by atomic mass is 16.5. The predicted molar refractivity (Wildman–Crippen MR) is 212 cm³/mol. The van der Waals surface area contributed by atoms with Crippen LogP contribution in [0, 0.1) is 6.92 Å².